The minimum atomic E-state index is -0.278. The molecular weight excluding hydrogens is 266 g/mol. The highest BCUT2D eigenvalue weighted by molar-refractivity contribution is 5.81. The number of rotatable bonds is 7. The summed E-state index contributed by atoms with van der Waals surface area (Å²) in [4.78, 5) is 14.3. The first-order valence-corrected chi connectivity index (χ1v) is 8.13. The zero-order valence-electron chi connectivity index (χ0n) is 14.2. The number of hydrogen-bond donors (Lipinski definition) is 2. The van der Waals surface area contributed by atoms with Gasteiger partial charge in [0.2, 0.25) is 5.91 Å². The van der Waals surface area contributed by atoms with Crippen LogP contribution in [0.5, 0.6) is 0 Å². The molecule has 5 nitrogen and oxygen atoms in total. The molecule has 1 atom stereocenters. The highest BCUT2D eigenvalue weighted by Crippen LogP contribution is 2.21. The zero-order valence-corrected chi connectivity index (χ0v) is 14.2. The first-order valence-electron chi connectivity index (χ1n) is 8.13. The molecule has 1 amide bonds. The molecule has 0 spiro atoms. The van der Waals surface area contributed by atoms with E-state index in [-0.39, 0.29) is 11.3 Å². The van der Waals surface area contributed by atoms with Crippen molar-refractivity contribution in [3.63, 3.8) is 0 Å². The number of nitrogens with two attached hydrogens (primary N) is 1. The first-order chi connectivity index (χ1) is 9.88. The summed E-state index contributed by atoms with van der Waals surface area (Å²) in [6, 6.07) is 0.848. The largest absolute Gasteiger partial charge is 0.383 e. The van der Waals surface area contributed by atoms with Crippen molar-refractivity contribution in [1.82, 2.24) is 10.2 Å². The van der Waals surface area contributed by atoms with Gasteiger partial charge in [-0.2, -0.15) is 0 Å². The topological polar surface area (TPSA) is 67.6 Å². The van der Waals surface area contributed by atoms with Crippen LogP contribution in [-0.4, -0.2) is 56.2 Å². The smallest absolute Gasteiger partial charge is 0.227 e. The van der Waals surface area contributed by atoms with Crippen LogP contribution in [0, 0.1) is 5.41 Å². The summed E-state index contributed by atoms with van der Waals surface area (Å²) in [5.74, 6) is 0.262. The van der Waals surface area contributed by atoms with Gasteiger partial charge >= 0.3 is 0 Å². The van der Waals surface area contributed by atoms with E-state index in [4.69, 9.17) is 10.5 Å². The predicted molar refractivity (Wildman–Crippen MR) is 86.1 cm³/mol. The van der Waals surface area contributed by atoms with Crippen molar-refractivity contribution in [1.29, 1.82) is 0 Å². The van der Waals surface area contributed by atoms with Gasteiger partial charge in [0.05, 0.1) is 6.61 Å². The number of methoxy groups -OCH3 is 1. The van der Waals surface area contributed by atoms with Gasteiger partial charge < -0.3 is 20.7 Å². The number of piperidine rings is 1. The maximum absolute atomic E-state index is 12.3. The normalized spacial score (nSPS) is 18.8. The highest BCUT2D eigenvalue weighted by Gasteiger charge is 2.30. The number of ether oxygens (including phenoxy) is 1. The molecule has 1 heterocycles. The Bertz CT molecular complexity index is 307. The van der Waals surface area contributed by atoms with Crippen LogP contribution < -0.4 is 11.1 Å². The van der Waals surface area contributed by atoms with E-state index < -0.39 is 0 Å². The second-order valence-corrected chi connectivity index (χ2v) is 7.07. The standard InChI is InChI=1S/C16H33N3O2/c1-16(2,3)15(20)19-10-7-13(8-11-19)18-14(12-21-4)6-5-9-17/h13-14,18H,5-12,17H2,1-4H3. The molecule has 1 aliphatic heterocycles. The van der Waals surface area contributed by atoms with Crippen LogP contribution in [0.25, 0.3) is 0 Å². The number of carbonyl (C=O) groups is 1. The SMILES string of the molecule is COCC(CCCN)NC1CCN(C(=O)C(C)(C)C)CC1. The van der Waals surface area contributed by atoms with Crippen LogP contribution in [0.1, 0.15) is 46.5 Å². The summed E-state index contributed by atoms with van der Waals surface area (Å²) < 4.78 is 5.28. The van der Waals surface area contributed by atoms with Crippen LogP contribution in [-0.2, 0) is 9.53 Å². The van der Waals surface area contributed by atoms with Crippen molar-refractivity contribution in [2.24, 2.45) is 11.1 Å². The van der Waals surface area contributed by atoms with E-state index in [1.165, 1.54) is 0 Å². The summed E-state index contributed by atoms with van der Waals surface area (Å²) in [6.07, 6.45) is 4.10. The molecule has 1 fully saturated rings. The number of likely N-dealkylation sites (tertiary alicyclic amines) is 1. The molecule has 5 heteroatoms. The van der Waals surface area contributed by atoms with Crippen molar-refractivity contribution < 1.29 is 9.53 Å². The molecule has 0 radical (unpaired) electrons. The van der Waals surface area contributed by atoms with Gasteiger partial charge in [-0.05, 0) is 32.2 Å². The number of nitrogens with zero attached hydrogens (tertiary/aromatic N) is 1. The molecule has 21 heavy (non-hydrogen) atoms. The van der Waals surface area contributed by atoms with E-state index >= 15 is 0 Å². The lowest BCUT2D eigenvalue weighted by Gasteiger charge is -2.37. The van der Waals surface area contributed by atoms with E-state index in [1.54, 1.807) is 7.11 Å². The van der Waals surface area contributed by atoms with Crippen LogP contribution in [0.15, 0.2) is 0 Å². The Morgan fingerprint density at radius 3 is 2.48 bits per heavy atom. The Kier molecular flexibility index (Phi) is 7.63. The van der Waals surface area contributed by atoms with Gasteiger partial charge in [-0.1, -0.05) is 20.8 Å². The second-order valence-electron chi connectivity index (χ2n) is 7.07. The fourth-order valence-electron chi connectivity index (χ4n) is 2.84. The van der Waals surface area contributed by atoms with E-state index in [2.05, 4.69) is 5.32 Å². The number of nitrogens with one attached hydrogen (secondary N) is 1. The molecular formula is C16H33N3O2. The van der Waals surface area contributed by atoms with Crippen molar-refractivity contribution in [2.45, 2.75) is 58.5 Å². The zero-order chi connectivity index (χ0) is 15.9. The average Bonchev–Trinajstić information content (AvgIpc) is 2.44. The molecule has 1 rings (SSSR count). The van der Waals surface area contributed by atoms with Gasteiger partial charge in [-0.25, -0.2) is 0 Å². The quantitative estimate of drug-likeness (QED) is 0.745. The van der Waals surface area contributed by atoms with Crippen molar-refractivity contribution in [3.05, 3.63) is 0 Å². The van der Waals surface area contributed by atoms with Crippen molar-refractivity contribution in [3.8, 4) is 0 Å². The lowest BCUT2D eigenvalue weighted by Crippen LogP contribution is -2.50. The molecule has 1 unspecified atom stereocenters. The molecule has 0 aromatic carbocycles. The molecule has 1 aliphatic rings. The molecule has 0 bridgehead atoms. The molecule has 0 saturated carbocycles. The van der Waals surface area contributed by atoms with Crippen LogP contribution in [0.2, 0.25) is 0 Å². The van der Waals surface area contributed by atoms with E-state index in [0.29, 0.717) is 12.1 Å². The van der Waals surface area contributed by atoms with Crippen molar-refractivity contribution in [2.75, 3.05) is 33.4 Å². The van der Waals surface area contributed by atoms with Gasteiger partial charge in [0.1, 0.15) is 0 Å². The fraction of sp³-hybridized carbons (Fsp3) is 0.938. The number of hydrogen-bond acceptors (Lipinski definition) is 4. The molecule has 1 saturated heterocycles. The van der Waals surface area contributed by atoms with Gasteiger partial charge in [0.25, 0.3) is 0 Å². The van der Waals surface area contributed by atoms with Crippen LogP contribution in [0.3, 0.4) is 0 Å². The first kappa shape index (κ1) is 18.4. The summed E-state index contributed by atoms with van der Waals surface area (Å²) in [7, 11) is 1.74. The highest BCUT2D eigenvalue weighted by atomic mass is 16.5. The predicted octanol–water partition coefficient (Wildman–Crippen LogP) is 1.37. The van der Waals surface area contributed by atoms with Gasteiger partial charge in [0.15, 0.2) is 0 Å². The molecule has 0 aromatic heterocycles. The fourth-order valence-corrected chi connectivity index (χ4v) is 2.84. The molecule has 3 N–H and O–H groups in total. The monoisotopic (exact) mass is 299 g/mol. The maximum atomic E-state index is 12.3. The van der Waals surface area contributed by atoms with Crippen molar-refractivity contribution >= 4 is 5.91 Å². The Morgan fingerprint density at radius 1 is 1.38 bits per heavy atom. The van der Waals surface area contributed by atoms with Gasteiger partial charge in [0, 0.05) is 37.7 Å². The molecule has 124 valence electrons. The third kappa shape index (κ3) is 6.32. The van der Waals surface area contributed by atoms with E-state index in [0.717, 1.165) is 51.9 Å². The summed E-state index contributed by atoms with van der Waals surface area (Å²) in [6.45, 7) is 9.11. The molecule has 0 aliphatic carbocycles. The Balaban J connectivity index is 2.39. The average molecular weight is 299 g/mol. The van der Waals surface area contributed by atoms with Gasteiger partial charge in [-0.3, -0.25) is 4.79 Å². The van der Waals surface area contributed by atoms with E-state index in [1.807, 2.05) is 25.7 Å². The molecule has 0 aromatic rings. The number of carbonyl (C=O) groups excluding carboxylic acids is 1. The number of amides is 1. The summed E-state index contributed by atoms with van der Waals surface area (Å²) >= 11 is 0. The van der Waals surface area contributed by atoms with Gasteiger partial charge in [-0.15, -0.1) is 0 Å². The maximum Gasteiger partial charge on any atom is 0.227 e. The third-order valence-corrected chi connectivity index (χ3v) is 4.02. The minimum Gasteiger partial charge on any atom is -0.383 e. The Morgan fingerprint density at radius 2 is 2.00 bits per heavy atom. The Hall–Kier alpha value is -0.650. The Labute approximate surface area is 129 Å². The van der Waals surface area contributed by atoms with E-state index in [9.17, 15) is 4.79 Å². The summed E-state index contributed by atoms with van der Waals surface area (Å²) in [5, 5.41) is 3.67. The third-order valence-electron chi connectivity index (χ3n) is 4.02. The van der Waals surface area contributed by atoms with Crippen LogP contribution >= 0.6 is 0 Å². The van der Waals surface area contributed by atoms with Crippen LogP contribution in [0.4, 0.5) is 0 Å². The second kappa shape index (κ2) is 8.71. The minimum absolute atomic E-state index is 0.262. The summed E-state index contributed by atoms with van der Waals surface area (Å²) in [5.41, 5.74) is 5.31. The lowest BCUT2D eigenvalue weighted by atomic mass is 9.92. The lowest BCUT2D eigenvalue weighted by molar-refractivity contribution is -0.140.